The topological polar surface area (TPSA) is 79.5 Å². The highest BCUT2D eigenvalue weighted by Crippen LogP contribution is 2.37. The van der Waals surface area contributed by atoms with Crippen LogP contribution in [0.15, 0.2) is 6.33 Å². The van der Waals surface area contributed by atoms with Crippen LogP contribution in [0.3, 0.4) is 0 Å². The number of hydrogen-bond donors (Lipinski definition) is 2. The first-order valence-corrected chi connectivity index (χ1v) is 8.27. The van der Waals surface area contributed by atoms with Crippen molar-refractivity contribution in [2.45, 2.75) is 44.4 Å². The van der Waals surface area contributed by atoms with Gasteiger partial charge in [0.1, 0.15) is 6.61 Å². The Labute approximate surface area is 136 Å². The van der Waals surface area contributed by atoms with Crippen molar-refractivity contribution < 1.29 is 14.3 Å². The lowest BCUT2D eigenvalue weighted by Gasteiger charge is -2.38. The summed E-state index contributed by atoms with van der Waals surface area (Å²) in [4.78, 5) is 21.2. The van der Waals surface area contributed by atoms with Crippen molar-refractivity contribution in [1.82, 2.24) is 20.2 Å². The number of H-pyrrole nitrogens is 1. The molecule has 0 aromatic carbocycles. The fourth-order valence-corrected chi connectivity index (χ4v) is 3.40. The van der Waals surface area contributed by atoms with E-state index in [-0.39, 0.29) is 24.2 Å². The zero-order valence-corrected chi connectivity index (χ0v) is 13.9. The van der Waals surface area contributed by atoms with Crippen molar-refractivity contribution in [3.63, 3.8) is 0 Å². The van der Waals surface area contributed by atoms with Gasteiger partial charge in [-0.3, -0.25) is 9.69 Å². The second kappa shape index (κ2) is 6.98. The van der Waals surface area contributed by atoms with E-state index < -0.39 is 0 Å². The molecular formula is C16H26N4O3. The lowest BCUT2D eigenvalue weighted by molar-refractivity contribution is -0.127. The first kappa shape index (κ1) is 16.4. The molecule has 3 heterocycles. The molecule has 128 valence electrons. The summed E-state index contributed by atoms with van der Waals surface area (Å²) in [6, 6.07) is 0. The Kier molecular flexibility index (Phi) is 4.99. The van der Waals surface area contributed by atoms with Gasteiger partial charge < -0.3 is 19.8 Å². The van der Waals surface area contributed by atoms with Gasteiger partial charge in [-0.2, -0.15) is 0 Å². The summed E-state index contributed by atoms with van der Waals surface area (Å²) < 4.78 is 11.7. The molecule has 0 unspecified atom stereocenters. The highest BCUT2D eigenvalue weighted by atomic mass is 16.6. The minimum Gasteiger partial charge on any atom is -0.372 e. The van der Waals surface area contributed by atoms with E-state index in [0.717, 1.165) is 50.3 Å². The summed E-state index contributed by atoms with van der Waals surface area (Å²) in [6.45, 7) is 5.67. The number of likely N-dealkylation sites (tertiary alicyclic amines) is 1. The number of ether oxygens (including phenoxy) is 2. The minimum absolute atomic E-state index is 0.0347. The number of nitrogens with one attached hydrogen (secondary N) is 2. The molecule has 1 atom stereocenters. The monoisotopic (exact) mass is 322 g/mol. The van der Waals surface area contributed by atoms with Gasteiger partial charge in [0.15, 0.2) is 0 Å². The van der Waals surface area contributed by atoms with E-state index in [1.54, 1.807) is 13.4 Å². The Morgan fingerprint density at radius 2 is 2.35 bits per heavy atom. The van der Waals surface area contributed by atoms with Crippen LogP contribution >= 0.6 is 0 Å². The van der Waals surface area contributed by atoms with Crippen molar-refractivity contribution >= 4 is 5.91 Å². The predicted molar refractivity (Wildman–Crippen MR) is 84.9 cm³/mol. The molecule has 7 nitrogen and oxygen atoms in total. The van der Waals surface area contributed by atoms with Crippen LogP contribution in [0, 0.1) is 6.92 Å². The van der Waals surface area contributed by atoms with Gasteiger partial charge in [0, 0.05) is 38.8 Å². The summed E-state index contributed by atoms with van der Waals surface area (Å²) in [6.07, 6.45) is 4.70. The molecule has 0 radical (unpaired) electrons. The molecule has 23 heavy (non-hydrogen) atoms. The fraction of sp³-hybridized carbons (Fsp3) is 0.750. The number of carbonyl (C=O) groups is 1. The van der Waals surface area contributed by atoms with Gasteiger partial charge in [-0.25, -0.2) is 4.98 Å². The standard InChI is InChI=1S/C16H26N4O3/c1-12-14(19-11-18-12)8-20-5-3-16(4-6-20)7-13(9-23-16)22-10-15(21)17-2/h11,13H,3-10H2,1-2H3,(H,17,21)(H,18,19)/t13-/m1/s1. The van der Waals surface area contributed by atoms with Crippen molar-refractivity contribution in [3.8, 4) is 0 Å². The number of aromatic nitrogens is 2. The van der Waals surface area contributed by atoms with Gasteiger partial charge in [-0.05, 0) is 19.8 Å². The maximum Gasteiger partial charge on any atom is 0.245 e. The molecule has 1 spiro atoms. The maximum atomic E-state index is 11.3. The molecule has 0 aliphatic carbocycles. The summed E-state index contributed by atoms with van der Waals surface area (Å²) in [5, 5.41) is 2.57. The zero-order valence-electron chi connectivity index (χ0n) is 13.9. The molecule has 1 aromatic heterocycles. The van der Waals surface area contributed by atoms with Crippen LogP contribution in [0.2, 0.25) is 0 Å². The Bertz CT molecular complexity index is 537. The van der Waals surface area contributed by atoms with E-state index >= 15 is 0 Å². The van der Waals surface area contributed by atoms with E-state index in [2.05, 4.69) is 27.1 Å². The minimum atomic E-state index is -0.0878. The van der Waals surface area contributed by atoms with Crippen LogP contribution in [0.4, 0.5) is 0 Å². The number of aryl methyl sites for hydroxylation is 1. The Morgan fingerprint density at radius 1 is 1.57 bits per heavy atom. The molecular weight excluding hydrogens is 296 g/mol. The van der Waals surface area contributed by atoms with Gasteiger partial charge in [0.25, 0.3) is 0 Å². The maximum absolute atomic E-state index is 11.3. The number of piperidine rings is 1. The van der Waals surface area contributed by atoms with Gasteiger partial charge in [0.05, 0.1) is 30.3 Å². The zero-order chi connectivity index (χ0) is 16.3. The molecule has 2 N–H and O–H groups in total. The van der Waals surface area contributed by atoms with Gasteiger partial charge in [0.2, 0.25) is 5.91 Å². The number of nitrogens with zero attached hydrogens (tertiary/aromatic N) is 2. The van der Waals surface area contributed by atoms with Crippen LogP contribution in [0.25, 0.3) is 0 Å². The van der Waals surface area contributed by atoms with Crippen molar-refractivity contribution in [1.29, 1.82) is 0 Å². The number of rotatable bonds is 5. The van der Waals surface area contributed by atoms with E-state index in [1.165, 1.54) is 0 Å². The summed E-state index contributed by atoms with van der Waals surface area (Å²) in [5.41, 5.74) is 2.20. The highest BCUT2D eigenvalue weighted by Gasteiger charge is 2.43. The third-order valence-corrected chi connectivity index (χ3v) is 4.98. The summed E-state index contributed by atoms with van der Waals surface area (Å²) >= 11 is 0. The SMILES string of the molecule is CNC(=O)CO[C@H]1COC2(CCN(Cc3nc[nH]c3C)CC2)C1. The lowest BCUT2D eigenvalue weighted by Crippen LogP contribution is -2.44. The first-order chi connectivity index (χ1) is 11.1. The number of aromatic amines is 1. The van der Waals surface area contributed by atoms with E-state index in [4.69, 9.17) is 9.47 Å². The third kappa shape index (κ3) is 3.91. The largest absolute Gasteiger partial charge is 0.372 e. The quantitative estimate of drug-likeness (QED) is 0.830. The smallest absolute Gasteiger partial charge is 0.245 e. The molecule has 0 bridgehead atoms. The molecule has 1 aromatic rings. The molecule has 0 saturated carbocycles. The van der Waals surface area contributed by atoms with E-state index in [9.17, 15) is 4.79 Å². The number of hydrogen-bond acceptors (Lipinski definition) is 5. The van der Waals surface area contributed by atoms with Crippen LogP contribution in [0.5, 0.6) is 0 Å². The summed E-state index contributed by atoms with van der Waals surface area (Å²) in [7, 11) is 1.62. The Hall–Kier alpha value is -1.44. The lowest BCUT2D eigenvalue weighted by atomic mass is 9.88. The average Bonchev–Trinajstić information content (AvgIpc) is 3.15. The number of imidazole rings is 1. The van der Waals surface area contributed by atoms with Crippen LogP contribution in [-0.2, 0) is 20.8 Å². The van der Waals surface area contributed by atoms with Crippen molar-refractivity contribution in [2.24, 2.45) is 0 Å². The van der Waals surface area contributed by atoms with Gasteiger partial charge in [-0.15, -0.1) is 0 Å². The normalized spacial score (nSPS) is 24.2. The fourth-order valence-electron chi connectivity index (χ4n) is 3.40. The molecule has 1 amide bonds. The average molecular weight is 322 g/mol. The van der Waals surface area contributed by atoms with Crippen LogP contribution < -0.4 is 5.32 Å². The van der Waals surface area contributed by atoms with Crippen molar-refractivity contribution in [2.75, 3.05) is 33.4 Å². The second-order valence-electron chi connectivity index (χ2n) is 6.55. The first-order valence-electron chi connectivity index (χ1n) is 8.27. The van der Waals surface area contributed by atoms with E-state index in [0.29, 0.717) is 6.61 Å². The third-order valence-electron chi connectivity index (χ3n) is 4.98. The Morgan fingerprint density at radius 3 is 3.00 bits per heavy atom. The molecule has 7 heteroatoms. The summed E-state index contributed by atoms with van der Waals surface area (Å²) in [5.74, 6) is -0.0878. The number of amides is 1. The van der Waals surface area contributed by atoms with E-state index in [1.807, 2.05) is 0 Å². The van der Waals surface area contributed by atoms with Crippen LogP contribution in [-0.4, -0.2) is 65.8 Å². The van der Waals surface area contributed by atoms with Gasteiger partial charge in [-0.1, -0.05) is 0 Å². The number of carbonyl (C=O) groups excluding carboxylic acids is 1. The molecule has 2 fully saturated rings. The molecule has 2 aliphatic rings. The number of likely N-dealkylation sites (N-methyl/N-ethyl adjacent to an activating group) is 1. The van der Waals surface area contributed by atoms with Crippen LogP contribution in [0.1, 0.15) is 30.7 Å². The second-order valence-corrected chi connectivity index (χ2v) is 6.55. The van der Waals surface area contributed by atoms with Crippen molar-refractivity contribution in [3.05, 3.63) is 17.7 Å². The highest BCUT2D eigenvalue weighted by molar-refractivity contribution is 5.76. The molecule has 2 aliphatic heterocycles. The molecule has 3 rings (SSSR count). The predicted octanol–water partition coefficient (Wildman–Crippen LogP) is 0.604. The van der Waals surface area contributed by atoms with Gasteiger partial charge >= 0.3 is 0 Å². The molecule has 2 saturated heterocycles. The Balaban J connectivity index is 1.45.